The number of nitrogens with one attached hydrogen (secondary N) is 1. The van der Waals surface area contributed by atoms with Crippen LogP contribution in [0.4, 0.5) is 18.0 Å². The Kier molecular flexibility index (Phi) is 7.71. The maximum Gasteiger partial charge on any atom is 0.490 e. The summed E-state index contributed by atoms with van der Waals surface area (Å²) >= 11 is 1.34. The highest BCUT2D eigenvalue weighted by Crippen LogP contribution is 2.38. The number of carboxylic acids is 1. The lowest BCUT2D eigenvalue weighted by molar-refractivity contribution is -0.192. The average molecular weight is 453 g/mol. The molecule has 2 unspecified atom stereocenters. The van der Waals surface area contributed by atoms with Gasteiger partial charge in [-0.05, 0) is 19.4 Å². The summed E-state index contributed by atoms with van der Waals surface area (Å²) in [6.45, 7) is 0.915. The number of nitrogens with two attached hydrogens (primary N) is 1. The number of aromatic nitrogens is 2. The van der Waals surface area contributed by atoms with E-state index in [2.05, 4.69) is 15.5 Å². The van der Waals surface area contributed by atoms with Crippen molar-refractivity contribution in [2.24, 2.45) is 11.7 Å². The van der Waals surface area contributed by atoms with Gasteiger partial charge in [-0.2, -0.15) is 13.2 Å². The molecule has 1 spiro atoms. The van der Waals surface area contributed by atoms with Crippen LogP contribution in [0.1, 0.15) is 35.7 Å². The Morgan fingerprint density at radius 1 is 1.37 bits per heavy atom. The van der Waals surface area contributed by atoms with Crippen molar-refractivity contribution in [3.05, 3.63) is 10.0 Å². The van der Waals surface area contributed by atoms with Gasteiger partial charge in [0.25, 0.3) is 5.91 Å². The van der Waals surface area contributed by atoms with Gasteiger partial charge in [0.2, 0.25) is 0 Å². The summed E-state index contributed by atoms with van der Waals surface area (Å²) in [6, 6.07) is -0.362. The number of imide groups is 1. The van der Waals surface area contributed by atoms with Gasteiger partial charge in [-0.1, -0.05) is 24.2 Å². The molecule has 2 atom stereocenters. The van der Waals surface area contributed by atoms with Gasteiger partial charge in [0, 0.05) is 13.0 Å². The molecule has 1 aliphatic heterocycles. The second-order valence-electron chi connectivity index (χ2n) is 6.80. The van der Waals surface area contributed by atoms with Gasteiger partial charge in [-0.25, -0.2) is 9.59 Å². The summed E-state index contributed by atoms with van der Waals surface area (Å²) in [4.78, 5) is 35.4. The number of amides is 3. The molecule has 0 bridgehead atoms. The number of ether oxygens (including phenoxy) is 1. The molecule has 1 saturated heterocycles. The fourth-order valence-corrected chi connectivity index (χ4v) is 4.27. The van der Waals surface area contributed by atoms with Crippen LogP contribution in [0.5, 0.6) is 0 Å². The number of nitrogens with zero attached hydrogens (tertiary/aromatic N) is 3. The molecule has 1 aromatic heterocycles. The smallest absolute Gasteiger partial charge is 0.475 e. The molecule has 30 heavy (non-hydrogen) atoms. The molecule has 1 aromatic rings. The number of carbonyl (C=O) groups excluding carboxylic acids is 2. The van der Waals surface area contributed by atoms with E-state index in [9.17, 15) is 22.8 Å². The Morgan fingerprint density at radius 2 is 2.00 bits per heavy atom. The second-order valence-corrected chi connectivity index (χ2v) is 7.94. The lowest BCUT2D eigenvalue weighted by atomic mass is 9.72. The van der Waals surface area contributed by atoms with Crippen LogP contribution in [0, 0.1) is 5.92 Å². The first-order valence-corrected chi connectivity index (χ1v) is 9.81. The van der Waals surface area contributed by atoms with Gasteiger partial charge in [-0.15, -0.1) is 10.2 Å². The Bertz CT molecular complexity index is 790. The van der Waals surface area contributed by atoms with Gasteiger partial charge in [0.15, 0.2) is 0 Å². The monoisotopic (exact) mass is 453 g/mol. The van der Waals surface area contributed by atoms with E-state index in [4.69, 9.17) is 20.4 Å². The second kappa shape index (κ2) is 9.66. The number of carbonyl (C=O) groups is 3. The number of alkyl halides is 3. The topological polar surface area (TPSA) is 148 Å². The maximum absolute atomic E-state index is 12.9. The van der Waals surface area contributed by atoms with Crippen LogP contribution in [-0.4, -0.2) is 63.5 Å². The molecule has 1 saturated carbocycles. The van der Waals surface area contributed by atoms with E-state index in [0.29, 0.717) is 24.6 Å². The third kappa shape index (κ3) is 5.23. The molecule has 4 N–H and O–H groups in total. The van der Waals surface area contributed by atoms with Crippen LogP contribution in [0.25, 0.3) is 0 Å². The van der Waals surface area contributed by atoms with Crippen molar-refractivity contribution in [3.63, 3.8) is 0 Å². The normalized spacial score (nSPS) is 23.9. The number of methoxy groups -OCH3 is 1. The van der Waals surface area contributed by atoms with Gasteiger partial charge >= 0.3 is 18.2 Å². The van der Waals surface area contributed by atoms with Crippen molar-refractivity contribution < 1.29 is 37.4 Å². The standard InChI is InChI=1S/C14H21N5O3S.C2HF3O2/c1-22-8-11-18-17-10(23-11)7-19-12(20)14(16-13(19)21)5-3-2-4-9(14)6-15;3-2(4,5)1(6)7/h9H,2-8,15H2,1H3,(H,16,21);(H,6,7). The number of rotatable bonds is 5. The van der Waals surface area contributed by atoms with E-state index in [0.717, 1.165) is 24.3 Å². The number of hydrogen-bond donors (Lipinski definition) is 3. The van der Waals surface area contributed by atoms with Gasteiger partial charge in [0.1, 0.15) is 15.6 Å². The maximum atomic E-state index is 12.9. The molecular formula is C16H22F3N5O5S. The van der Waals surface area contributed by atoms with Crippen LogP contribution in [0.15, 0.2) is 0 Å². The van der Waals surface area contributed by atoms with E-state index >= 15 is 0 Å². The highest BCUT2D eigenvalue weighted by molar-refractivity contribution is 7.11. The first-order valence-electron chi connectivity index (χ1n) is 8.99. The molecular weight excluding hydrogens is 431 g/mol. The minimum atomic E-state index is -5.08. The highest BCUT2D eigenvalue weighted by Gasteiger charge is 2.55. The lowest BCUT2D eigenvalue weighted by Crippen LogP contribution is -2.56. The summed E-state index contributed by atoms with van der Waals surface area (Å²) in [7, 11) is 1.58. The predicted molar refractivity (Wildman–Crippen MR) is 97.1 cm³/mol. The van der Waals surface area contributed by atoms with E-state index in [1.807, 2.05) is 0 Å². The summed E-state index contributed by atoms with van der Waals surface area (Å²) in [6.07, 6.45) is -1.59. The Morgan fingerprint density at radius 3 is 2.57 bits per heavy atom. The molecule has 3 amide bonds. The van der Waals surface area contributed by atoms with Crippen molar-refractivity contribution in [2.45, 2.75) is 50.6 Å². The molecule has 0 radical (unpaired) electrons. The summed E-state index contributed by atoms with van der Waals surface area (Å²) in [5.74, 6) is -2.94. The van der Waals surface area contributed by atoms with Crippen LogP contribution in [0.3, 0.4) is 0 Å². The van der Waals surface area contributed by atoms with Gasteiger partial charge in [-0.3, -0.25) is 9.69 Å². The zero-order valence-electron chi connectivity index (χ0n) is 16.1. The summed E-state index contributed by atoms with van der Waals surface area (Å²) in [5, 5.41) is 19.4. The Hall–Kier alpha value is -2.32. The minimum absolute atomic E-state index is 0.00354. The fourth-order valence-electron chi connectivity index (χ4n) is 3.47. The highest BCUT2D eigenvalue weighted by atomic mass is 32.1. The molecule has 1 aliphatic carbocycles. The van der Waals surface area contributed by atoms with Crippen LogP contribution >= 0.6 is 11.3 Å². The first kappa shape index (κ1) is 24.0. The molecule has 2 aliphatic rings. The molecule has 168 valence electrons. The summed E-state index contributed by atoms with van der Waals surface area (Å²) < 4.78 is 36.7. The number of halogens is 3. The first-order chi connectivity index (χ1) is 14.0. The minimum Gasteiger partial charge on any atom is -0.475 e. The van der Waals surface area contributed by atoms with Crippen LogP contribution in [-0.2, 0) is 27.5 Å². The Labute approximate surface area is 173 Å². The zero-order chi connectivity index (χ0) is 22.5. The fraction of sp³-hybridized carbons (Fsp3) is 0.688. The Balaban J connectivity index is 0.000000396. The molecule has 3 rings (SSSR count). The number of carboxylic acid groups (broad SMARTS) is 1. The van der Waals surface area contributed by atoms with Gasteiger partial charge < -0.3 is 20.9 Å². The molecule has 14 heteroatoms. The largest absolute Gasteiger partial charge is 0.490 e. The van der Waals surface area contributed by atoms with E-state index in [-0.39, 0.29) is 24.4 Å². The van der Waals surface area contributed by atoms with Crippen molar-refractivity contribution in [3.8, 4) is 0 Å². The molecule has 2 heterocycles. The predicted octanol–water partition coefficient (Wildman–Crippen LogP) is 1.26. The molecule has 0 aromatic carbocycles. The quantitative estimate of drug-likeness (QED) is 0.565. The zero-order valence-corrected chi connectivity index (χ0v) is 16.9. The van der Waals surface area contributed by atoms with Crippen LogP contribution < -0.4 is 11.1 Å². The third-order valence-corrected chi connectivity index (χ3v) is 5.75. The molecule has 2 fully saturated rings. The van der Waals surface area contributed by atoms with Crippen molar-refractivity contribution in [1.29, 1.82) is 0 Å². The summed E-state index contributed by atoms with van der Waals surface area (Å²) in [5.41, 5.74) is 5.01. The number of urea groups is 1. The van der Waals surface area contributed by atoms with Crippen LogP contribution in [0.2, 0.25) is 0 Å². The number of hydrogen-bond acceptors (Lipinski definition) is 8. The van der Waals surface area contributed by atoms with Crippen molar-refractivity contribution in [1.82, 2.24) is 20.4 Å². The van der Waals surface area contributed by atoms with E-state index < -0.39 is 17.7 Å². The lowest BCUT2D eigenvalue weighted by Gasteiger charge is -2.38. The number of aliphatic carboxylic acids is 1. The average Bonchev–Trinajstić information content (AvgIpc) is 3.21. The third-order valence-electron chi connectivity index (χ3n) is 4.87. The van der Waals surface area contributed by atoms with Crippen molar-refractivity contribution in [2.75, 3.05) is 13.7 Å². The van der Waals surface area contributed by atoms with E-state index in [1.165, 1.54) is 16.2 Å². The van der Waals surface area contributed by atoms with Crippen molar-refractivity contribution >= 4 is 29.2 Å². The van der Waals surface area contributed by atoms with Gasteiger partial charge in [0.05, 0.1) is 13.2 Å². The molecule has 10 nitrogen and oxygen atoms in total. The van der Waals surface area contributed by atoms with E-state index in [1.54, 1.807) is 7.11 Å². The SMILES string of the molecule is COCc1nnc(CN2C(=O)NC3(CCCCC3CN)C2=O)s1.O=C(O)C(F)(F)F.